The van der Waals surface area contributed by atoms with Crippen molar-refractivity contribution in [2.75, 3.05) is 26.9 Å². The van der Waals surface area contributed by atoms with Crippen molar-refractivity contribution in [3.63, 3.8) is 0 Å². The van der Waals surface area contributed by atoms with Crippen LogP contribution in [0.4, 0.5) is 0 Å². The number of nitrogens with one attached hydrogen (secondary N) is 2. The molecule has 9 nitrogen and oxygen atoms in total. The number of aromatic nitrogens is 3. The van der Waals surface area contributed by atoms with Gasteiger partial charge in [0.2, 0.25) is 0 Å². The van der Waals surface area contributed by atoms with E-state index in [0.717, 1.165) is 18.4 Å². The number of ether oxygens (including phenoxy) is 2. The van der Waals surface area contributed by atoms with Gasteiger partial charge in [-0.2, -0.15) is 0 Å². The Morgan fingerprint density at radius 1 is 1.42 bits per heavy atom. The summed E-state index contributed by atoms with van der Waals surface area (Å²) in [7, 11) is 1.61. The van der Waals surface area contributed by atoms with E-state index in [4.69, 9.17) is 19.9 Å². The molecule has 31 heavy (non-hydrogen) atoms. The fourth-order valence-electron chi connectivity index (χ4n) is 3.96. The van der Waals surface area contributed by atoms with Crippen LogP contribution in [-0.4, -0.2) is 52.8 Å². The van der Waals surface area contributed by atoms with Crippen molar-refractivity contribution in [3.05, 3.63) is 51.4 Å². The predicted octanol–water partition coefficient (Wildman–Crippen LogP) is 1.38. The normalized spacial score (nSPS) is 16.3. The number of nitrogens with zero attached hydrogens (tertiary/aromatic N) is 3. The van der Waals surface area contributed by atoms with E-state index in [1.54, 1.807) is 23.9 Å². The van der Waals surface area contributed by atoms with Crippen LogP contribution in [-0.2, 0) is 16.0 Å². The van der Waals surface area contributed by atoms with Crippen LogP contribution in [0.5, 0.6) is 0 Å². The number of hydrogen-bond acceptors (Lipinski definition) is 6. The number of carbonyl (C=O) groups is 1. The first kappa shape index (κ1) is 21.2. The van der Waals surface area contributed by atoms with E-state index in [1.807, 2.05) is 13.0 Å². The molecule has 1 aliphatic rings. The molecule has 4 heterocycles. The maximum Gasteiger partial charge on any atom is 0.267 e. The molecule has 1 fully saturated rings. The summed E-state index contributed by atoms with van der Waals surface area (Å²) in [5.74, 6) is -0.392. The first-order chi connectivity index (χ1) is 15.0. The van der Waals surface area contributed by atoms with Crippen LogP contribution in [0.1, 0.15) is 35.2 Å². The Hall–Kier alpha value is -3.04. The van der Waals surface area contributed by atoms with Gasteiger partial charge in [-0.25, -0.2) is 4.98 Å². The zero-order chi connectivity index (χ0) is 22.0. The Kier molecular flexibility index (Phi) is 6.15. The minimum absolute atomic E-state index is 0.00775. The predicted molar refractivity (Wildman–Crippen MR) is 115 cm³/mol. The Balaban J connectivity index is 1.84. The van der Waals surface area contributed by atoms with E-state index in [1.165, 1.54) is 10.5 Å². The molecule has 0 unspecified atom stereocenters. The van der Waals surface area contributed by atoms with Crippen LogP contribution in [0, 0.1) is 12.3 Å². The Bertz CT molecular complexity index is 1240. The zero-order valence-corrected chi connectivity index (χ0v) is 17.8. The number of rotatable bonds is 7. The summed E-state index contributed by atoms with van der Waals surface area (Å²) in [5, 5.41) is 11.9. The maximum atomic E-state index is 13.2. The fourth-order valence-corrected chi connectivity index (χ4v) is 3.96. The second kappa shape index (κ2) is 8.99. The minimum Gasteiger partial charge on any atom is -0.385 e. The molecule has 3 aromatic heterocycles. The largest absolute Gasteiger partial charge is 0.385 e. The molecule has 1 saturated heterocycles. The third kappa shape index (κ3) is 4.11. The molecule has 0 spiro atoms. The molecule has 1 amide bonds. The molecule has 3 aromatic rings. The van der Waals surface area contributed by atoms with Crippen LogP contribution < -0.4 is 16.4 Å². The van der Waals surface area contributed by atoms with Gasteiger partial charge < -0.3 is 19.4 Å². The Morgan fingerprint density at radius 2 is 2.26 bits per heavy atom. The molecule has 4 rings (SSSR count). The monoisotopic (exact) mass is 425 g/mol. The average molecular weight is 425 g/mol. The van der Waals surface area contributed by atoms with E-state index in [2.05, 4.69) is 5.32 Å². The number of aryl methyl sites for hydroxylation is 2. The molecule has 0 aromatic carbocycles. The van der Waals surface area contributed by atoms with Gasteiger partial charge in [-0.05, 0) is 43.9 Å². The molecule has 2 N–H and O–H groups in total. The summed E-state index contributed by atoms with van der Waals surface area (Å²) < 4.78 is 13.8. The number of carbonyl (C=O) groups excluding carboxylic acids is 1. The second-order valence-electron chi connectivity index (χ2n) is 7.79. The molecule has 1 aliphatic heterocycles. The van der Waals surface area contributed by atoms with Gasteiger partial charge >= 0.3 is 0 Å². The highest BCUT2D eigenvalue weighted by atomic mass is 16.5. The van der Waals surface area contributed by atoms with Crippen LogP contribution in [0.25, 0.3) is 16.7 Å². The lowest BCUT2D eigenvalue weighted by molar-refractivity contribution is 0.0855. The molecule has 0 aliphatic carbocycles. The van der Waals surface area contributed by atoms with Crippen molar-refractivity contribution in [1.82, 2.24) is 19.3 Å². The SMILES string of the molecule is COCCCn1c(=N)c(C(=O)NC[C@@H]2CCCO2)cc2c(=O)n3cccc(C)c3nc21. The number of hydrogen-bond donors (Lipinski definition) is 2. The van der Waals surface area contributed by atoms with E-state index >= 15 is 0 Å². The summed E-state index contributed by atoms with van der Waals surface area (Å²) in [6, 6.07) is 5.16. The highest BCUT2D eigenvalue weighted by Crippen LogP contribution is 2.14. The number of amides is 1. The summed E-state index contributed by atoms with van der Waals surface area (Å²) >= 11 is 0. The van der Waals surface area contributed by atoms with Gasteiger partial charge in [0, 0.05) is 39.6 Å². The van der Waals surface area contributed by atoms with Crippen molar-refractivity contribution in [3.8, 4) is 0 Å². The number of methoxy groups -OCH3 is 1. The second-order valence-corrected chi connectivity index (χ2v) is 7.79. The molecule has 9 heteroatoms. The van der Waals surface area contributed by atoms with Gasteiger partial charge in [0.05, 0.1) is 17.1 Å². The zero-order valence-electron chi connectivity index (χ0n) is 17.8. The highest BCUT2D eigenvalue weighted by Gasteiger charge is 2.20. The van der Waals surface area contributed by atoms with E-state index in [9.17, 15) is 9.59 Å². The van der Waals surface area contributed by atoms with Crippen molar-refractivity contribution in [2.24, 2.45) is 0 Å². The van der Waals surface area contributed by atoms with Gasteiger partial charge in [0.15, 0.2) is 0 Å². The van der Waals surface area contributed by atoms with Gasteiger partial charge in [-0.15, -0.1) is 0 Å². The van der Waals surface area contributed by atoms with Gasteiger partial charge in [0.25, 0.3) is 11.5 Å². The van der Waals surface area contributed by atoms with Crippen molar-refractivity contribution in [2.45, 2.75) is 38.8 Å². The average Bonchev–Trinajstić information content (AvgIpc) is 3.28. The number of fused-ring (bicyclic) bond motifs is 2. The molecule has 0 bridgehead atoms. The summed E-state index contributed by atoms with van der Waals surface area (Å²) in [5.41, 5.74) is 1.70. The Morgan fingerprint density at radius 3 is 3.00 bits per heavy atom. The lowest BCUT2D eigenvalue weighted by atomic mass is 10.1. The van der Waals surface area contributed by atoms with E-state index in [-0.39, 0.29) is 22.7 Å². The van der Waals surface area contributed by atoms with Crippen LogP contribution in [0.2, 0.25) is 0 Å². The molecular weight excluding hydrogens is 398 g/mol. The lowest BCUT2D eigenvalue weighted by Gasteiger charge is -2.16. The standard InChI is InChI=1S/C22H27N5O4/c1-14-6-3-8-27-19(14)25-20-17(22(27)29)12-16(18(23)26(20)9-5-10-30-2)21(28)24-13-15-7-4-11-31-15/h3,6,8,12,15,23H,4-5,7,9-11,13H2,1-2H3,(H,24,28)/t15-/m0/s1. The summed E-state index contributed by atoms with van der Waals surface area (Å²) in [6.45, 7) is 3.87. The first-order valence-electron chi connectivity index (χ1n) is 10.5. The van der Waals surface area contributed by atoms with Crippen LogP contribution >= 0.6 is 0 Å². The molecule has 0 saturated carbocycles. The van der Waals surface area contributed by atoms with E-state index < -0.39 is 5.91 Å². The maximum absolute atomic E-state index is 13.2. The minimum atomic E-state index is -0.392. The summed E-state index contributed by atoms with van der Waals surface area (Å²) in [6.07, 6.45) is 4.16. The highest BCUT2D eigenvalue weighted by molar-refractivity contribution is 5.96. The first-order valence-corrected chi connectivity index (χ1v) is 10.5. The van der Waals surface area contributed by atoms with Crippen molar-refractivity contribution in [1.29, 1.82) is 5.41 Å². The molecular formula is C22H27N5O4. The van der Waals surface area contributed by atoms with Crippen molar-refractivity contribution < 1.29 is 14.3 Å². The smallest absolute Gasteiger partial charge is 0.267 e. The number of pyridine rings is 2. The molecule has 164 valence electrons. The van der Waals surface area contributed by atoms with Crippen molar-refractivity contribution >= 4 is 22.6 Å². The summed E-state index contributed by atoms with van der Waals surface area (Å²) in [4.78, 5) is 30.9. The third-order valence-electron chi connectivity index (χ3n) is 5.62. The topological polar surface area (TPSA) is 111 Å². The van der Waals surface area contributed by atoms with Gasteiger partial charge in [-0.3, -0.25) is 19.4 Å². The van der Waals surface area contributed by atoms with E-state index in [0.29, 0.717) is 49.4 Å². The molecule has 0 radical (unpaired) electrons. The quantitative estimate of drug-likeness (QED) is 0.439. The fraction of sp³-hybridized carbons (Fsp3) is 0.455. The third-order valence-corrected chi connectivity index (χ3v) is 5.62. The van der Waals surface area contributed by atoms with Gasteiger partial charge in [0.1, 0.15) is 16.8 Å². The van der Waals surface area contributed by atoms with Crippen LogP contribution in [0.15, 0.2) is 29.2 Å². The van der Waals surface area contributed by atoms with Crippen LogP contribution in [0.3, 0.4) is 0 Å². The molecule has 1 atom stereocenters. The lowest BCUT2D eigenvalue weighted by Crippen LogP contribution is -2.38. The Labute approximate surface area is 179 Å². The van der Waals surface area contributed by atoms with Gasteiger partial charge in [-0.1, -0.05) is 6.07 Å².